The quantitative estimate of drug-likeness (QED) is 0.354. The third kappa shape index (κ3) is 9.16. The molecule has 2 aromatic rings. The Morgan fingerprint density at radius 1 is 1.11 bits per heavy atom. The lowest BCUT2D eigenvalue weighted by Gasteiger charge is -2.31. The number of hydrogen-bond acceptors (Lipinski definition) is 4. The molecule has 7 nitrogen and oxygen atoms in total. The summed E-state index contributed by atoms with van der Waals surface area (Å²) in [5.41, 5.74) is 0.542. The zero-order chi connectivity index (χ0) is 27.8. The predicted molar refractivity (Wildman–Crippen MR) is 147 cm³/mol. The van der Waals surface area contributed by atoms with Gasteiger partial charge in [-0.1, -0.05) is 62.2 Å². The van der Waals surface area contributed by atoms with Gasteiger partial charge >= 0.3 is 0 Å². The summed E-state index contributed by atoms with van der Waals surface area (Å²) in [5.74, 6) is -1.07. The molecule has 0 aromatic heterocycles. The molecule has 11 heteroatoms. The number of hydrogen-bond donors (Lipinski definition) is 1. The van der Waals surface area contributed by atoms with Crippen molar-refractivity contribution < 1.29 is 22.4 Å². The molecule has 1 atom stereocenters. The van der Waals surface area contributed by atoms with Gasteiger partial charge < -0.3 is 10.2 Å². The van der Waals surface area contributed by atoms with E-state index in [0.717, 1.165) is 10.6 Å². The van der Waals surface area contributed by atoms with Gasteiger partial charge in [-0.25, -0.2) is 12.8 Å². The minimum atomic E-state index is -3.79. The average Bonchev–Trinajstić information content (AvgIpc) is 2.81. The van der Waals surface area contributed by atoms with Gasteiger partial charge in [0.1, 0.15) is 11.9 Å². The Kier molecular flexibility index (Phi) is 11.7. The van der Waals surface area contributed by atoms with Crippen molar-refractivity contribution >= 4 is 50.7 Å². The molecule has 0 aliphatic carbocycles. The molecule has 2 rings (SSSR count). The molecule has 0 bridgehead atoms. The molecule has 0 saturated carbocycles. The molecular weight excluding hydrogens is 540 g/mol. The summed E-state index contributed by atoms with van der Waals surface area (Å²) >= 11 is 12.4. The number of carbonyl (C=O) groups is 2. The van der Waals surface area contributed by atoms with Crippen LogP contribution in [0, 0.1) is 11.7 Å². The zero-order valence-corrected chi connectivity index (χ0v) is 23.8. The number of carbonyl (C=O) groups excluding carboxylic acids is 2. The van der Waals surface area contributed by atoms with Crippen molar-refractivity contribution in [3.63, 3.8) is 0 Å². The van der Waals surface area contributed by atoms with E-state index in [-0.39, 0.29) is 49.4 Å². The number of para-hydroxylation sites is 1. The van der Waals surface area contributed by atoms with Crippen molar-refractivity contribution in [3.8, 4) is 0 Å². The molecule has 37 heavy (non-hydrogen) atoms. The van der Waals surface area contributed by atoms with Crippen LogP contribution in [-0.2, 0) is 26.2 Å². The maximum absolute atomic E-state index is 14.3. The molecule has 0 heterocycles. The zero-order valence-electron chi connectivity index (χ0n) is 21.5. The standard InChI is InChI=1S/C26H34Cl2FN3O4S/c1-5-23(26(34)30-16-18(2)3)31(17-19-12-13-20(27)15-21(19)28)25(33)11-8-14-32(37(4,35)36)24-10-7-6-9-22(24)29/h6-7,9-10,12-13,15,18,23H,5,8,11,14,16-17H2,1-4H3,(H,30,34). The third-order valence-corrected chi connectivity index (χ3v) is 7.47. The van der Waals surface area contributed by atoms with Gasteiger partial charge in [0.25, 0.3) is 0 Å². The highest BCUT2D eigenvalue weighted by molar-refractivity contribution is 7.92. The van der Waals surface area contributed by atoms with Crippen molar-refractivity contribution in [2.24, 2.45) is 5.92 Å². The number of anilines is 1. The minimum absolute atomic E-state index is 0.0559. The molecule has 2 amide bonds. The van der Waals surface area contributed by atoms with Crippen LogP contribution >= 0.6 is 23.2 Å². The van der Waals surface area contributed by atoms with E-state index in [1.165, 1.54) is 23.1 Å². The summed E-state index contributed by atoms with van der Waals surface area (Å²) in [7, 11) is -3.79. The molecule has 0 spiro atoms. The molecule has 0 aliphatic heterocycles. The Morgan fingerprint density at radius 2 is 1.78 bits per heavy atom. The molecule has 204 valence electrons. The highest BCUT2D eigenvalue weighted by Crippen LogP contribution is 2.25. The van der Waals surface area contributed by atoms with Gasteiger partial charge in [-0.2, -0.15) is 0 Å². The lowest BCUT2D eigenvalue weighted by Crippen LogP contribution is -2.49. The number of rotatable bonds is 13. The van der Waals surface area contributed by atoms with Gasteiger partial charge in [0, 0.05) is 36.1 Å². The smallest absolute Gasteiger partial charge is 0.242 e. The summed E-state index contributed by atoms with van der Waals surface area (Å²) < 4.78 is 40.0. The van der Waals surface area contributed by atoms with Crippen LogP contribution in [-0.4, -0.2) is 50.5 Å². The minimum Gasteiger partial charge on any atom is -0.354 e. The van der Waals surface area contributed by atoms with Crippen LogP contribution in [0.15, 0.2) is 42.5 Å². The summed E-state index contributed by atoms with van der Waals surface area (Å²) in [6, 6.07) is 9.74. The first-order chi connectivity index (χ1) is 17.3. The normalized spacial score (nSPS) is 12.3. The lowest BCUT2D eigenvalue weighted by molar-refractivity contribution is -0.141. The van der Waals surface area contributed by atoms with E-state index in [0.29, 0.717) is 28.6 Å². The summed E-state index contributed by atoms with van der Waals surface area (Å²) in [6.45, 7) is 6.20. The first-order valence-electron chi connectivity index (χ1n) is 12.1. The Morgan fingerprint density at radius 3 is 2.35 bits per heavy atom. The van der Waals surface area contributed by atoms with E-state index in [1.54, 1.807) is 24.3 Å². The first kappa shape index (κ1) is 30.9. The Balaban J connectivity index is 2.26. The van der Waals surface area contributed by atoms with Crippen molar-refractivity contribution in [2.75, 3.05) is 23.7 Å². The van der Waals surface area contributed by atoms with Crippen molar-refractivity contribution in [2.45, 2.75) is 52.6 Å². The van der Waals surface area contributed by atoms with Crippen LogP contribution < -0.4 is 9.62 Å². The van der Waals surface area contributed by atoms with Gasteiger partial charge in [0.05, 0.1) is 11.9 Å². The lowest BCUT2D eigenvalue weighted by atomic mass is 10.1. The van der Waals surface area contributed by atoms with Gasteiger partial charge in [0.2, 0.25) is 21.8 Å². The summed E-state index contributed by atoms with van der Waals surface area (Å²) in [6.07, 6.45) is 1.42. The van der Waals surface area contributed by atoms with Gasteiger partial charge in [-0.15, -0.1) is 0 Å². The van der Waals surface area contributed by atoms with Crippen LogP contribution in [0.5, 0.6) is 0 Å². The number of amides is 2. The fraction of sp³-hybridized carbons (Fsp3) is 0.462. The van der Waals surface area contributed by atoms with Crippen LogP contribution in [0.1, 0.15) is 45.6 Å². The maximum Gasteiger partial charge on any atom is 0.242 e. The maximum atomic E-state index is 14.3. The second-order valence-corrected chi connectivity index (χ2v) is 12.0. The molecule has 0 saturated heterocycles. The van der Waals surface area contributed by atoms with E-state index in [1.807, 2.05) is 20.8 Å². The third-order valence-electron chi connectivity index (χ3n) is 5.70. The SMILES string of the molecule is CCC(C(=O)NCC(C)C)N(Cc1ccc(Cl)cc1Cl)C(=O)CCCN(c1ccccc1F)S(C)(=O)=O. The van der Waals surface area contributed by atoms with Crippen molar-refractivity contribution in [3.05, 3.63) is 63.9 Å². The molecule has 0 aliphatic rings. The first-order valence-corrected chi connectivity index (χ1v) is 14.7. The van der Waals surface area contributed by atoms with Crippen LogP contribution in [0.25, 0.3) is 0 Å². The highest BCUT2D eigenvalue weighted by atomic mass is 35.5. The van der Waals surface area contributed by atoms with Crippen LogP contribution in [0.2, 0.25) is 10.0 Å². The molecule has 1 N–H and O–H groups in total. The van der Waals surface area contributed by atoms with E-state index in [4.69, 9.17) is 23.2 Å². The second kappa shape index (κ2) is 14.0. The van der Waals surface area contributed by atoms with Crippen LogP contribution in [0.4, 0.5) is 10.1 Å². The molecule has 0 radical (unpaired) electrons. The predicted octanol–water partition coefficient (Wildman–Crippen LogP) is 5.26. The molecule has 1 unspecified atom stereocenters. The largest absolute Gasteiger partial charge is 0.354 e. The van der Waals surface area contributed by atoms with Crippen LogP contribution in [0.3, 0.4) is 0 Å². The Labute approximate surface area is 229 Å². The van der Waals surface area contributed by atoms with E-state index < -0.39 is 21.9 Å². The molecular formula is C26H34Cl2FN3O4S. The number of sulfonamides is 1. The number of nitrogens with zero attached hydrogens (tertiary/aromatic N) is 2. The Hall–Kier alpha value is -2.36. The highest BCUT2D eigenvalue weighted by Gasteiger charge is 2.29. The Bertz CT molecular complexity index is 1190. The monoisotopic (exact) mass is 573 g/mol. The molecule has 0 fully saturated rings. The van der Waals surface area contributed by atoms with E-state index in [2.05, 4.69) is 5.32 Å². The number of nitrogens with one attached hydrogen (secondary N) is 1. The van der Waals surface area contributed by atoms with Gasteiger partial charge in [0.15, 0.2) is 0 Å². The topological polar surface area (TPSA) is 86.8 Å². The van der Waals surface area contributed by atoms with Crippen molar-refractivity contribution in [1.29, 1.82) is 0 Å². The fourth-order valence-corrected chi connectivity index (χ4v) is 5.25. The van der Waals surface area contributed by atoms with E-state index >= 15 is 0 Å². The average molecular weight is 575 g/mol. The molecule has 2 aromatic carbocycles. The van der Waals surface area contributed by atoms with Crippen molar-refractivity contribution in [1.82, 2.24) is 10.2 Å². The van der Waals surface area contributed by atoms with Gasteiger partial charge in [-0.05, 0) is 48.6 Å². The second-order valence-electron chi connectivity index (χ2n) is 9.21. The fourth-order valence-electron chi connectivity index (χ4n) is 3.81. The summed E-state index contributed by atoms with van der Waals surface area (Å²) in [5, 5.41) is 3.70. The van der Waals surface area contributed by atoms with E-state index in [9.17, 15) is 22.4 Å². The number of halogens is 3. The van der Waals surface area contributed by atoms with Gasteiger partial charge in [-0.3, -0.25) is 13.9 Å². The number of benzene rings is 2. The summed E-state index contributed by atoms with van der Waals surface area (Å²) in [4.78, 5) is 27.9.